The van der Waals surface area contributed by atoms with E-state index in [9.17, 15) is 18.0 Å². The van der Waals surface area contributed by atoms with Crippen molar-refractivity contribution in [3.8, 4) is 0 Å². The fourth-order valence-electron chi connectivity index (χ4n) is 2.03. The van der Waals surface area contributed by atoms with E-state index in [1.54, 1.807) is 0 Å². The SMILES string of the molecule is COC1(C(=O)CCC(F)(F)F)CCCC1. The number of ether oxygens (including phenoxy) is 1. The quantitative estimate of drug-likeness (QED) is 0.734. The summed E-state index contributed by atoms with van der Waals surface area (Å²) >= 11 is 0. The van der Waals surface area contributed by atoms with Gasteiger partial charge in [-0.2, -0.15) is 13.2 Å². The lowest BCUT2D eigenvalue weighted by Gasteiger charge is -2.25. The standard InChI is InChI=1S/C10H15F3O2/c1-15-9(5-2-3-6-9)8(14)4-7-10(11,12)13/h2-7H2,1H3. The number of ketones is 1. The Bertz CT molecular complexity index is 229. The number of hydrogen-bond acceptors (Lipinski definition) is 2. The number of hydrogen-bond donors (Lipinski definition) is 0. The van der Waals surface area contributed by atoms with Gasteiger partial charge in [-0.25, -0.2) is 0 Å². The number of Topliss-reactive ketones (excluding diaryl/α,β-unsaturated/α-hetero) is 1. The van der Waals surface area contributed by atoms with Crippen LogP contribution in [-0.4, -0.2) is 24.7 Å². The van der Waals surface area contributed by atoms with E-state index in [0.29, 0.717) is 12.8 Å². The Hall–Kier alpha value is -0.580. The molecule has 1 rings (SSSR count). The lowest BCUT2D eigenvalue weighted by molar-refractivity contribution is -0.154. The fourth-order valence-corrected chi connectivity index (χ4v) is 2.03. The Kier molecular flexibility index (Phi) is 3.76. The van der Waals surface area contributed by atoms with Gasteiger partial charge in [-0.15, -0.1) is 0 Å². The van der Waals surface area contributed by atoms with Crippen molar-refractivity contribution < 1.29 is 22.7 Å². The molecule has 1 fully saturated rings. The first-order chi connectivity index (χ1) is 6.90. The number of methoxy groups -OCH3 is 1. The van der Waals surface area contributed by atoms with Gasteiger partial charge in [-0.1, -0.05) is 0 Å². The van der Waals surface area contributed by atoms with Crippen molar-refractivity contribution in [2.24, 2.45) is 0 Å². The van der Waals surface area contributed by atoms with Gasteiger partial charge < -0.3 is 4.74 Å². The van der Waals surface area contributed by atoms with Crippen molar-refractivity contribution in [3.05, 3.63) is 0 Å². The molecule has 1 aliphatic rings. The van der Waals surface area contributed by atoms with Crippen LogP contribution in [0.15, 0.2) is 0 Å². The van der Waals surface area contributed by atoms with Crippen LogP contribution in [0.4, 0.5) is 13.2 Å². The molecule has 0 N–H and O–H groups in total. The zero-order valence-corrected chi connectivity index (χ0v) is 8.69. The highest BCUT2D eigenvalue weighted by molar-refractivity contribution is 5.87. The third kappa shape index (κ3) is 3.19. The van der Waals surface area contributed by atoms with Gasteiger partial charge in [0.1, 0.15) is 5.60 Å². The van der Waals surface area contributed by atoms with E-state index in [1.807, 2.05) is 0 Å². The highest BCUT2D eigenvalue weighted by Gasteiger charge is 2.42. The highest BCUT2D eigenvalue weighted by Crippen LogP contribution is 2.35. The van der Waals surface area contributed by atoms with Crippen molar-refractivity contribution in [3.63, 3.8) is 0 Å². The monoisotopic (exact) mass is 224 g/mol. The summed E-state index contributed by atoms with van der Waals surface area (Å²) in [6.45, 7) is 0. The molecule has 15 heavy (non-hydrogen) atoms. The number of halogens is 3. The fraction of sp³-hybridized carbons (Fsp3) is 0.900. The molecule has 0 spiro atoms. The Morgan fingerprint density at radius 3 is 2.27 bits per heavy atom. The Morgan fingerprint density at radius 2 is 1.87 bits per heavy atom. The van der Waals surface area contributed by atoms with E-state index >= 15 is 0 Å². The van der Waals surface area contributed by atoms with Gasteiger partial charge in [0.15, 0.2) is 5.78 Å². The molecular formula is C10H15F3O2. The summed E-state index contributed by atoms with van der Waals surface area (Å²) in [6.07, 6.45) is -2.95. The molecular weight excluding hydrogens is 209 g/mol. The van der Waals surface area contributed by atoms with Crippen LogP contribution in [0.25, 0.3) is 0 Å². The van der Waals surface area contributed by atoms with Crippen molar-refractivity contribution in [1.82, 2.24) is 0 Å². The maximum atomic E-state index is 11.9. The first-order valence-electron chi connectivity index (χ1n) is 5.05. The molecule has 0 aromatic heterocycles. The molecule has 0 heterocycles. The van der Waals surface area contributed by atoms with Crippen molar-refractivity contribution >= 4 is 5.78 Å². The molecule has 0 aliphatic heterocycles. The number of carbonyl (C=O) groups is 1. The molecule has 0 saturated heterocycles. The minimum atomic E-state index is -4.26. The van der Waals surface area contributed by atoms with E-state index < -0.39 is 30.4 Å². The summed E-state index contributed by atoms with van der Waals surface area (Å²) in [5.74, 6) is -0.403. The zero-order valence-electron chi connectivity index (χ0n) is 8.69. The molecule has 0 radical (unpaired) electrons. The maximum absolute atomic E-state index is 11.9. The van der Waals surface area contributed by atoms with Gasteiger partial charge >= 0.3 is 6.18 Å². The van der Waals surface area contributed by atoms with Crippen LogP contribution >= 0.6 is 0 Å². The average Bonchev–Trinajstić information content (AvgIpc) is 2.62. The van der Waals surface area contributed by atoms with Crippen LogP contribution < -0.4 is 0 Å². The van der Waals surface area contributed by atoms with E-state index in [4.69, 9.17) is 4.74 Å². The number of alkyl halides is 3. The van der Waals surface area contributed by atoms with Crippen LogP contribution in [-0.2, 0) is 9.53 Å². The summed E-state index contributed by atoms with van der Waals surface area (Å²) in [5.41, 5.74) is -0.925. The Labute approximate surface area is 86.8 Å². The van der Waals surface area contributed by atoms with Crippen LogP contribution in [0.5, 0.6) is 0 Å². The lowest BCUT2D eigenvalue weighted by atomic mass is 9.93. The number of carbonyl (C=O) groups excluding carboxylic acids is 1. The summed E-state index contributed by atoms with van der Waals surface area (Å²) in [4.78, 5) is 11.6. The molecule has 0 unspecified atom stereocenters. The molecule has 0 aromatic rings. The van der Waals surface area contributed by atoms with E-state index in [1.165, 1.54) is 7.11 Å². The van der Waals surface area contributed by atoms with Gasteiger partial charge in [0.25, 0.3) is 0 Å². The maximum Gasteiger partial charge on any atom is 0.389 e. The summed E-state index contributed by atoms with van der Waals surface area (Å²) in [5, 5.41) is 0. The van der Waals surface area contributed by atoms with Crippen LogP contribution in [0.3, 0.4) is 0 Å². The Morgan fingerprint density at radius 1 is 1.33 bits per heavy atom. The Balaban J connectivity index is 2.51. The largest absolute Gasteiger partial charge is 0.389 e. The first kappa shape index (κ1) is 12.5. The van der Waals surface area contributed by atoms with E-state index in [0.717, 1.165) is 12.8 Å². The van der Waals surface area contributed by atoms with Crippen LogP contribution in [0.1, 0.15) is 38.5 Å². The van der Waals surface area contributed by atoms with Crippen LogP contribution in [0, 0.1) is 0 Å². The molecule has 5 heteroatoms. The van der Waals surface area contributed by atoms with E-state index in [-0.39, 0.29) is 0 Å². The minimum Gasteiger partial charge on any atom is -0.370 e. The van der Waals surface area contributed by atoms with Crippen molar-refractivity contribution in [1.29, 1.82) is 0 Å². The van der Waals surface area contributed by atoms with Gasteiger partial charge in [-0.3, -0.25) is 4.79 Å². The van der Waals surface area contributed by atoms with Crippen molar-refractivity contribution in [2.75, 3.05) is 7.11 Å². The highest BCUT2D eigenvalue weighted by atomic mass is 19.4. The minimum absolute atomic E-state index is 0.403. The molecule has 0 atom stereocenters. The van der Waals surface area contributed by atoms with Crippen molar-refractivity contribution in [2.45, 2.75) is 50.3 Å². The second kappa shape index (κ2) is 4.51. The predicted molar refractivity (Wildman–Crippen MR) is 48.5 cm³/mol. The topological polar surface area (TPSA) is 26.3 Å². The van der Waals surface area contributed by atoms with Crippen LogP contribution in [0.2, 0.25) is 0 Å². The normalized spacial score (nSPS) is 20.5. The second-order valence-corrected chi connectivity index (χ2v) is 3.94. The molecule has 88 valence electrons. The molecule has 1 aliphatic carbocycles. The first-order valence-corrected chi connectivity index (χ1v) is 5.05. The lowest BCUT2D eigenvalue weighted by Crippen LogP contribution is -2.38. The van der Waals surface area contributed by atoms with Gasteiger partial charge in [0, 0.05) is 13.5 Å². The van der Waals surface area contributed by atoms with Gasteiger partial charge in [-0.05, 0) is 25.7 Å². The third-order valence-corrected chi connectivity index (χ3v) is 2.95. The smallest absolute Gasteiger partial charge is 0.370 e. The molecule has 0 bridgehead atoms. The molecule has 1 saturated carbocycles. The summed E-state index contributed by atoms with van der Waals surface area (Å²) < 4.78 is 40.9. The summed E-state index contributed by atoms with van der Waals surface area (Å²) in [6, 6.07) is 0. The average molecular weight is 224 g/mol. The number of rotatable bonds is 4. The van der Waals surface area contributed by atoms with Gasteiger partial charge in [0.05, 0.1) is 6.42 Å². The molecule has 2 nitrogen and oxygen atoms in total. The second-order valence-electron chi connectivity index (χ2n) is 3.94. The molecule has 0 amide bonds. The zero-order chi connectivity index (χ0) is 11.5. The van der Waals surface area contributed by atoms with Gasteiger partial charge in [0.2, 0.25) is 0 Å². The predicted octanol–water partition coefficient (Wildman–Crippen LogP) is 2.86. The summed E-state index contributed by atoms with van der Waals surface area (Å²) in [7, 11) is 1.40. The molecule has 0 aromatic carbocycles. The third-order valence-electron chi connectivity index (χ3n) is 2.95. The van der Waals surface area contributed by atoms with E-state index in [2.05, 4.69) is 0 Å².